The van der Waals surface area contributed by atoms with E-state index in [1.807, 2.05) is 6.07 Å². The van der Waals surface area contributed by atoms with Gasteiger partial charge in [0.1, 0.15) is 6.54 Å². The summed E-state index contributed by atoms with van der Waals surface area (Å²) in [5, 5.41) is 6.83. The Balaban J connectivity index is 1.77. The number of rotatable bonds is 3. The molecule has 122 valence electrons. The van der Waals surface area contributed by atoms with Gasteiger partial charge in [0.2, 0.25) is 5.91 Å². The topological polar surface area (TPSA) is 76.0 Å². The van der Waals surface area contributed by atoms with E-state index < -0.39 is 0 Å². The summed E-state index contributed by atoms with van der Waals surface area (Å²) in [5.41, 5.74) is 0.423. The van der Waals surface area contributed by atoms with Gasteiger partial charge in [-0.15, -0.1) is 0 Å². The quantitative estimate of drug-likeness (QED) is 0.843. The van der Waals surface area contributed by atoms with E-state index in [2.05, 4.69) is 38.5 Å². The van der Waals surface area contributed by atoms with Crippen molar-refractivity contribution < 1.29 is 4.79 Å². The first-order chi connectivity index (χ1) is 11.0. The molecule has 23 heavy (non-hydrogen) atoms. The maximum atomic E-state index is 12.5. The minimum absolute atomic E-state index is 0.00899. The molecule has 1 aliphatic heterocycles. The summed E-state index contributed by atoms with van der Waals surface area (Å²) in [7, 11) is 0. The second kappa shape index (κ2) is 6.80. The van der Waals surface area contributed by atoms with Crippen molar-refractivity contribution in [2.75, 3.05) is 13.1 Å². The molecule has 0 radical (unpaired) electrons. The number of nitrogens with zero attached hydrogens (tertiary/aromatic N) is 2. The van der Waals surface area contributed by atoms with E-state index in [4.69, 9.17) is 0 Å². The Bertz CT molecular complexity index is 789. The van der Waals surface area contributed by atoms with Crippen molar-refractivity contribution >= 4 is 32.7 Å². The molecule has 1 fully saturated rings. The molecule has 1 aromatic heterocycles. The zero-order valence-corrected chi connectivity index (χ0v) is 14.5. The number of aromatic nitrogens is 2. The number of piperidine rings is 1. The standard InChI is InChI=1S/C16H19BrN4O2/c1-10-7-18-5-4-13(10)20-15(22)8-21-9-19-14-3-2-11(17)6-12(14)16(21)23/h2-3,6,9-10,13,18H,4-5,7-8H2,1H3,(H,20,22). The van der Waals surface area contributed by atoms with Crippen molar-refractivity contribution in [1.82, 2.24) is 20.2 Å². The zero-order valence-electron chi connectivity index (χ0n) is 12.9. The molecule has 0 bridgehead atoms. The third-order valence-corrected chi connectivity index (χ3v) is 4.72. The van der Waals surface area contributed by atoms with Crippen LogP contribution >= 0.6 is 15.9 Å². The SMILES string of the molecule is CC1CNCCC1NC(=O)Cn1cnc2ccc(Br)cc2c1=O. The summed E-state index contributed by atoms with van der Waals surface area (Å²) < 4.78 is 2.17. The van der Waals surface area contributed by atoms with Gasteiger partial charge in [0.15, 0.2) is 0 Å². The molecular formula is C16H19BrN4O2. The van der Waals surface area contributed by atoms with Crippen LogP contribution in [0, 0.1) is 5.92 Å². The first kappa shape index (κ1) is 16.1. The number of halogens is 1. The molecule has 6 nitrogen and oxygen atoms in total. The highest BCUT2D eigenvalue weighted by Crippen LogP contribution is 2.15. The van der Waals surface area contributed by atoms with Crippen LogP contribution in [-0.4, -0.2) is 34.6 Å². The second-order valence-corrected chi connectivity index (χ2v) is 6.90. The van der Waals surface area contributed by atoms with Gasteiger partial charge in [0, 0.05) is 10.5 Å². The van der Waals surface area contributed by atoms with Gasteiger partial charge in [-0.05, 0) is 43.6 Å². The van der Waals surface area contributed by atoms with E-state index in [1.165, 1.54) is 10.9 Å². The highest BCUT2D eigenvalue weighted by molar-refractivity contribution is 9.10. The molecule has 0 saturated carbocycles. The minimum atomic E-state index is -0.204. The molecule has 2 heterocycles. The van der Waals surface area contributed by atoms with Crippen LogP contribution in [0.3, 0.4) is 0 Å². The number of benzene rings is 1. The molecule has 1 aromatic carbocycles. The van der Waals surface area contributed by atoms with Gasteiger partial charge in [0.25, 0.3) is 5.56 Å². The number of carbonyl (C=O) groups excluding carboxylic acids is 1. The first-order valence-electron chi connectivity index (χ1n) is 7.69. The van der Waals surface area contributed by atoms with E-state index >= 15 is 0 Å². The summed E-state index contributed by atoms with van der Waals surface area (Å²) in [6, 6.07) is 5.50. The molecule has 1 amide bonds. The fourth-order valence-corrected chi connectivity index (χ4v) is 3.24. The zero-order chi connectivity index (χ0) is 16.4. The van der Waals surface area contributed by atoms with E-state index in [1.54, 1.807) is 12.1 Å². The lowest BCUT2D eigenvalue weighted by molar-refractivity contribution is -0.122. The lowest BCUT2D eigenvalue weighted by Gasteiger charge is -2.30. The molecule has 2 unspecified atom stereocenters. The Hall–Kier alpha value is -1.73. The van der Waals surface area contributed by atoms with Gasteiger partial charge in [-0.3, -0.25) is 14.2 Å². The fourth-order valence-electron chi connectivity index (χ4n) is 2.88. The van der Waals surface area contributed by atoms with Crippen LogP contribution in [0.2, 0.25) is 0 Å². The number of hydrogen-bond acceptors (Lipinski definition) is 4. The third kappa shape index (κ3) is 3.61. The normalized spacial score (nSPS) is 21.3. The Labute approximate surface area is 142 Å². The molecular weight excluding hydrogens is 360 g/mol. The van der Waals surface area contributed by atoms with Crippen LogP contribution in [0.5, 0.6) is 0 Å². The van der Waals surface area contributed by atoms with E-state index in [-0.39, 0.29) is 24.1 Å². The maximum Gasteiger partial charge on any atom is 0.261 e. The van der Waals surface area contributed by atoms with Crippen molar-refractivity contribution in [3.63, 3.8) is 0 Å². The molecule has 2 atom stereocenters. The average Bonchev–Trinajstić information content (AvgIpc) is 2.53. The Kier molecular flexibility index (Phi) is 4.77. The number of hydrogen-bond donors (Lipinski definition) is 2. The average molecular weight is 379 g/mol. The molecule has 0 spiro atoms. The predicted octanol–water partition coefficient (Wildman–Crippen LogP) is 1.27. The van der Waals surface area contributed by atoms with Gasteiger partial charge in [0.05, 0.1) is 17.2 Å². The van der Waals surface area contributed by atoms with Gasteiger partial charge in [-0.1, -0.05) is 22.9 Å². The molecule has 2 aromatic rings. The maximum absolute atomic E-state index is 12.5. The minimum Gasteiger partial charge on any atom is -0.351 e. The summed E-state index contributed by atoms with van der Waals surface area (Å²) in [6.45, 7) is 3.90. The van der Waals surface area contributed by atoms with Crippen LogP contribution < -0.4 is 16.2 Å². The number of fused-ring (bicyclic) bond motifs is 1. The van der Waals surface area contributed by atoms with Gasteiger partial charge in [-0.2, -0.15) is 0 Å². The largest absolute Gasteiger partial charge is 0.351 e. The summed E-state index contributed by atoms with van der Waals surface area (Å²) in [6.07, 6.45) is 2.34. The number of carbonyl (C=O) groups is 1. The van der Waals surface area contributed by atoms with Crippen LogP contribution in [0.15, 0.2) is 33.8 Å². The Morgan fingerprint density at radius 2 is 2.35 bits per heavy atom. The monoisotopic (exact) mass is 378 g/mol. The highest BCUT2D eigenvalue weighted by Gasteiger charge is 2.22. The fraction of sp³-hybridized carbons (Fsp3) is 0.438. The predicted molar refractivity (Wildman–Crippen MR) is 92.3 cm³/mol. The molecule has 0 aliphatic carbocycles. The van der Waals surface area contributed by atoms with Crippen LogP contribution in [0.25, 0.3) is 10.9 Å². The second-order valence-electron chi connectivity index (χ2n) is 5.98. The molecule has 2 N–H and O–H groups in total. The van der Waals surface area contributed by atoms with Crippen LogP contribution in [-0.2, 0) is 11.3 Å². The van der Waals surface area contributed by atoms with Crippen molar-refractivity contribution in [2.45, 2.75) is 25.9 Å². The van der Waals surface area contributed by atoms with Crippen molar-refractivity contribution in [3.8, 4) is 0 Å². The summed E-state index contributed by atoms with van der Waals surface area (Å²) in [4.78, 5) is 29.0. The Morgan fingerprint density at radius 1 is 1.52 bits per heavy atom. The lowest BCUT2D eigenvalue weighted by atomic mass is 9.95. The van der Waals surface area contributed by atoms with E-state index in [0.29, 0.717) is 16.8 Å². The third-order valence-electron chi connectivity index (χ3n) is 4.23. The van der Waals surface area contributed by atoms with E-state index in [0.717, 1.165) is 24.0 Å². The number of amides is 1. The van der Waals surface area contributed by atoms with Crippen molar-refractivity contribution in [1.29, 1.82) is 0 Å². The molecule has 1 saturated heterocycles. The lowest BCUT2D eigenvalue weighted by Crippen LogP contribution is -2.49. The van der Waals surface area contributed by atoms with Gasteiger partial charge in [-0.25, -0.2) is 4.98 Å². The summed E-state index contributed by atoms with van der Waals surface area (Å²) >= 11 is 3.35. The Morgan fingerprint density at radius 3 is 3.13 bits per heavy atom. The molecule has 1 aliphatic rings. The first-order valence-corrected chi connectivity index (χ1v) is 8.48. The summed E-state index contributed by atoms with van der Waals surface area (Å²) in [5.74, 6) is 0.233. The smallest absolute Gasteiger partial charge is 0.261 e. The van der Waals surface area contributed by atoms with Crippen molar-refractivity contribution in [3.05, 3.63) is 39.4 Å². The number of nitrogens with one attached hydrogen (secondary N) is 2. The van der Waals surface area contributed by atoms with E-state index in [9.17, 15) is 9.59 Å². The van der Waals surface area contributed by atoms with Gasteiger partial charge < -0.3 is 10.6 Å². The highest BCUT2D eigenvalue weighted by atomic mass is 79.9. The van der Waals surface area contributed by atoms with Gasteiger partial charge >= 0.3 is 0 Å². The van der Waals surface area contributed by atoms with Crippen LogP contribution in [0.1, 0.15) is 13.3 Å². The van der Waals surface area contributed by atoms with Crippen molar-refractivity contribution in [2.24, 2.45) is 5.92 Å². The molecule has 3 rings (SSSR count). The molecule has 7 heteroatoms. The van der Waals surface area contributed by atoms with Crippen LogP contribution in [0.4, 0.5) is 0 Å².